The minimum atomic E-state index is 0.0356. The van der Waals surface area contributed by atoms with Gasteiger partial charge in [-0.3, -0.25) is 0 Å². The third-order valence-corrected chi connectivity index (χ3v) is 5.33. The second kappa shape index (κ2) is 6.99. The van der Waals surface area contributed by atoms with E-state index in [1.807, 2.05) is 0 Å². The predicted octanol–water partition coefficient (Wildman–Crippen LogP) is 2.16. The first-order chi connectivity index (χ1) is 10.7. The number of morpholine rings is 1. The Morgan fingerprint density at radius 1 is 1.32 bits per heavy atom. The zero-order valence-corrected chi connectivity index (χ0v) is 13.6. The summed E-state index contributed by atoms with van der Waals surface area (Å²) in [6, 6.07) is 9.06. The summed E-state index contributed by atoms with van der Waals surface area (Å²) in [7, 11) is 0. The Morgan fingerprint density at radius 2 is 2.09 bits per heavy atom. The van der Waals surface area contributed by atoms with Gasteiger partial charge in [0.05, 0.1) is 13.2 Å². The van der Waals surface area contributed by atoms with Crippen LogP contribution in [0.3, 0.4) is 0 Å². The number of para-hydroxylation sites is 1. The topological polar surface area (TPSA) is 44.7 Å². The molecular weight excluding hydrogens is 276 g/mol. The largest absolute Gasteiger partial charge is 0.396 e. The fourth-order valence-electron chi connectivity index (χ4n) is 3.78. The number of anilines is 1. The van der Waals surface area contributed by atoms with E-state index in [4.69, 9.17) is 4.74 Å². The molecule has 0 bridgehead atoms. The van der Waals surface area contributed by atoms with Crippen LogP contribution in [-0.4, -0.2) is 44.1 Å². The normalized spacial score (nSPS) is 29.0. The Kier molecular flexibility index (Phi) is 5.01. The van der Waals surface area contributed by atoms with Gasteiger partial charge in [0.15, 0.2) is 0 Å². The van der Waals surface area contributed by atoms with Crippen LogP contribution in [0.25, 0.3) is 0 Å². The van der Waals surface area contributed by atoms with E-state index in [9.17, 15) is 5.11 Å². The average molecular weight is 304 g/mol. The maximum absolute atomic E-state index is 9.69. The molecule has 2 fully saturated rings. The molecule has 1 aromatic carbocycles. The molecule has 2 atom stereocenters. The molecule has 1 heterocycles. The van der Waals surface area contributed by atoms with E-state index in [2.05, 4.69) is 41.4 Å². The monoisotopic (exact) mass is 304 g/mol. The van der Waals surface area contributed by atoms with Crippen LogP contribution in [0.2, 0.25) is 0 Å². The van der Waals surface area contributed by atoms with Crippen LogP contribution in [0.5, 0.6) is 0 Å². The summed E-state index contributed by atoms with van der Waals surface area (Å²) < 4.78 is 5.46. The van der Waals surface area contributed by atoms with Crippen LogP contribution in [0.4, 0.5) is 5.69 Å². The van der Waals surface area contributed by atoms with Gasteiger partial charge in [0.1, 0.15) is 0 Å². The SMILES string of the molecule is CC1(CO)CCCC1NCc1ccccc1N1CCOCC1. The number of ether oxygens (including phenoxy) is 1. The summed E-state index contributed by atoms with van der Waals surface area (Å²) >= 11 is 0. The van der Waals surface area contributed by atoms with Crippen LogP contribution in [0, 0.1) is 5.41 Å². The zero-order chi connectivity index (χ0) is 15.4. The number of hydrogen-bond donors (Lipinski definition) is 2. The number of aliphatic hydroxyl groups is 1. The minimum Gasteiger partial charge on any atom is -0.396 e. The van der Waals surface area contributed by atoms with Crippen molar-refractivity contribution in [2.45, 2.75) is 38.8 Å². The van der Waals surface area contributed by atoms with Crippen molar-refractivity contribution in [1.29, 1.82) is 0 Å². The Morgan fingerprint density at radius 3 is 2.86 bits per heavy atom. The van der Waals surface area contributed by atoms with Crippen molar-refractivity contribution in [3.05, 3.63) is 29.8 Å². The highest BCUT2D eigenvalue weighted by Gasteiger charge is 2.37. The number of hydrogen-bond acceptors (Lipinski definition) is 4. The minimum absolute atomic E-state index is 0.0356. The highest BCUT2D eigenvalue weighted by molar-refractivity contribution is 5.53. The summed E-state index contributed by atoms with van der Waals surface area (Å²) in [4.78, 5) is 2.42. The van der Waals surface area contributed by atoms with E-state index in [0.29, 0.717) is 6.04 Å². The first-order valence-corrected chi connectivity index (χ1v) is 8.48. The van der Waals surface area contributed by atoms with Gasteiger partial charge in [-0.1, -0.05) is 31.5 Å². The van der Waals surface area contributed by atoms with Crippen LogP contribution < -0.4 is 10.2 Å². The lowest BCUT2D eigenvalue weighted by Crippen LogP contribution is -2.42. The lowest BCUT2D eigenvalue weighted by molar-refractivity contribution is 0.118. The van der Waals surface area contributed by atoms with E-state index in [1.165, 1.54) is 17.7 Å². The van der Waals surface area contributed by atoms with Crippen LogP contribution in [-0.2, 0) is 11.3 Å². The van der Waals surface area contributed by atoms with E-state index in [-0.39, 0.29) is 12.0 Å². The molecule has 2 N–H and O–H groups in total. The lowest BCUT2D eigenvalue weighted by atomic mass is 9.85. The van der Waals surface area contributed by atoms with E-state index >= 15 is 0 Å². The fraction of sp³-hybridized carbons (Fsp3) is 0.667. The molecule has 1 aromatic rings. The summed E-state index contributed by atoms with van der Waals surface area (Å²) in [6.07, 6.45) is 3.49. The second-order valence-electron chi connectivity index (χ2n) is 6.87. The molecule has 0 aromatic heterocycles. The standard InChI is InChI=1S/C18H28N2O2/c1-18(14-21)8-4-7-17(18)19-13-15-5-2-3-6-16(15)20-9-11-22-12-10-20/h2-3,5-6,17,19,21H,4,7-14H2,1H3. The van der Waals surface area contributed by atoms with Gasteiger partial charge >= 0.3 is 0 Å². The molecule has 122 valence electrons. The van der Waals surface area contributed by atoms with E-state index in [0.717, 1.165) is 45.7 Å². The molecule has 1 saturated carbocycles. The van der Waals surface area contributed by atoms with Gasteiger partial charge in [-0.2, -0.15) is 0 Å². The summed E-state index contributed by atoms with van der Waals surface area (Å²) in [5.74, 6) is 0. The van der Waals surface area contributed by atoms with Crippen molar-refractivity contribution in [2.75, 3.05) is 37.8 Å². The predicted molar refractivity (Wildman–Crippen MR) is 89.1 cm³/mol. The third kappa shape index (κ3) is 3.29. The molecule has 1 aliphatic heterocycles. The first kappa shape index (κ1) is 15.8. The van der Waals surface area contributed by atoms with Crippen molar-refractivity contribution in [3.63, 3.8) is 0 Å². The molecule has 1 aliphatic carbocycles. The number of benzene rings is 1. The highest BCUT2D eigenvalue weighted by Crippen LogP contribution is 2.37. The van der Waals surface area contributed by atoms with Crippen molar-refractivity contribution < 1.29 is 9.84 Å². The quantitative estimate of drug-likeness (QED) is 0.875. The van der Waals surface area contributed by atoms with Crippen LogP contribution in [0.1, 0.15) is 31.7 Å². The number of rotatable bonds is 5. The lowest BCUT2D eigenvalue weighted by Gasteiger charge is -2.33. The molecule has 4 heteroatoms. The first-order valence-electron chi connectivity index (χ1n) is 8.48. The molecule has 2 unspecified atom stereocenters. The highest BCUT2D eigenvalue weighted by atomic mass is 16.5. The van der Waals surface area contributed by atoms with Crippen molar-refractivity contribution in [3.8, 4) is 0 Å². The Hall–Kier alpha value is -1.10. The molecule has 0 amide bonds. The van der Waals surface area contributed by atoms with Gasteiger partial charge < -0.3 is 20.1 Å². The number of nitrogens with one attached hydrogen (secondary N) is 1. The van der Waals surface area contributed by atoms with Crippen molar-refractivity contribution >= 4 is 5.69 Å². The summed E-state index contributed by atoms with van der Waals surface area (Å²) in [5.41, 5.74) is 2.70. The molecule has 22 heavy (non-hydrogen) atoms. The van der Waals surface area contributed by atoms with E-state index < -0.39 is 0 Å². The Labute approximate surface area is 133 Å². The Balaban J connectivity index is 1.67. The van der Waals surface area contributed by atoms with Crippen LogP contribution in [0.15, 0.2) is 24.3 Å². The van der Waals surface area contributed by atoms with Crippen molar-refractivity contribution in [2.24, 2.45) is 5.41 Å². The van der Waals surface area contributed by atoms with Gasteiger partial charge in [-0.25, -0.2) is 0 Å². The molecular formula is C18H28N2O2. The Bertz CT molecular complexity index is 488. The average Bonchev–Trinajstić information content (AvgIpc) is 2.95. The third-order valence-electron chi connectivity index (χ3n) is 5.33. The molecule has 2 aliphatic rings. The molecule has 3 rings (SSSR count). The smallest absolute Gasteiger partial charge is 0.0642 e. The second-order valence-corrected chi connectivity index (χ2v) is 6.87. The van der Waals surface area contributed by atoms with Gasteiger partial charge in [0.25, 0.3) is 0 Å². The van der Waals surface area contributed by atoms with E-state index in [1.54, 1.807) is 0 Å². The maximum atomic E-state index is 9.69. The molecule has 4 nitrogen and oxygen atoms in total. The van der Waals surface area contributed by atoms with Crippen molar-refractivity contribution in [1.82, 2.24) is 5.32 Å². The molecule has 0 radical (unpaired) electrons. The van der Waals surface area contributed by atoms with Gasteiger partial charge in [0.2, 0.25) is 0 Å². The number of aliphatic hydroxyl groups excluding tert-OH is 1. The number of nitrogens with zero attached hydrogens (tertiary/aromatic N) is 1. The summed E-state index contributed by atoms with van der Waals surface area (Å²) in [5, 5.41) is 13.4. The fourth-order valence-corrected chi connectivity index (χ4v) is 3.78. The van der Waals surface area contributed by atoms with Crippen LogP contribution >= 0.6 is 0 Å². The molecule has 0 spiro atoms. The van der Waals surface area contributed by atoms with Gasteiger partial charge in [-0.05, 0) is 24.5 Å². The summed E-state index contributed by atoms with van der Waals surface area (Å²) in [6.45, 7) is 6.90. The van der Waals surface area contributed by atoms with Gasteiger partial charge in [0, 0.05) is 43.4 Å². The zero-order valence-electron chi connectivity index (χ0n) is 13.6. The maximum Gasteiger partial charge on any atom is 0.0642 e. The molecule has 1 saturated heterocycles. The van der Waals surface area contributed by atoms with Gasteiger partial charge in [-0.15, -0.1) is 0 Å².